The van der Waals surface area contributed by atoms with Crippen molar-refractivity contribution < 1.29 is 9.90 Å². The maximum atomic E-state index is 10.7. The van der Waals surface area contributed by atoms with E-state index in [1.54, 1.807) is 6.92 Å². The molecule has 1 aromatic carbocycles. The third kappa shape index (κ3) is 4.37. The van der Waals surface area contributed by atoms with Crippen LogP contribution in [0.3, 0.4) is 0 Å². The van der Waals surface area contributed by atoms with Crippen molar-refractivity contribution in [3.63, 3.8) is 0 Å². The maximum Gasteiger partial charge on any atom is 0.339 e. The zero-order valence-electron chi connectivity index (χ0n) is 11.9. The van der Waals surface area contributed by atoms with Gasteiger partial charge in [0.25, 0.3) is 0 Å². The number of aliphatic carboxylic acids is 1. The molecule has 3 heteroatoms. The summed E-state index contributed by atoms with van der Waals surface area (Å²) in [6.45, 7) is 4.71. The number of carboxylic acid groups (broad SMARTS) is 1. The van der Waals surface area contributed by atoms with Crippen LogP contribution in [0.4, 0.5) is 0 Å². The van der Waals surface area contributed by atoms with Gasteiger partial charge >= 0.3 is 5.97 Å². The smallest absolute Gasteiger partial charge is 0.339 e. The van der Waals surface area contributed by atoms with Crippen molar-refractivity contribution in [3.05, 3.63) is 53.3 Å². The van der Waals surface area contributed by atoms with Gasteiger partial charge in [-0.25, -0.2) is 4.79 Å². The van der Waals surface area contributed by atoms with Gasteiger partial charge in [0, 0.05) is 6.54 Å². The first-order valence-corrected chi connectivity index (χ1v) is 7.08. The number of hydrogen-bond acceptors (Lipinski definition) is 2. The number of piperidine rings is 1. The van der Waals surface area contributed by atoms with Gasteiger partial charge < -0.3 is 5.11 Å². The van der Waals surface area contributed by atoms with Gasteiger partial charge in [0.15, 0.2) is 0 Å². The molecule has 0 radical (unpaired) electrons. The molecule has 1 heterocycles. The average Bonchev–Trinajstić information content (AvgIpc) is 2.47. The van der Waals surface area contributed by atoms with E-state index in [2.05, 4.69) is 34.9 Å². The van der Waals surface area contributed by atoms with E-state index in [9.17, 15) is 4.79 Å². The SMILES string of the molecule is CC(=C=CC1CCN(Cc2ccccc2)CC1)C(=O)O. The Morgan fingerprint density at radius 3 is 2.60 bits per heavy atom. The highest BCUT2D eigenvalue weighted by Gasteiger charge is 2.17. The fourth-order valence-electron chi connectivity index (χ4n) is 2.42. The van der Waals surface area contributed by atoms with Crippen LogP contribution >= 0.6 is 0 Å². The van der Waals surface area contributed by atoms with Crippen molar-refractivity contribution in [1.82, 2.24) is 4.90 Å². The van der Waals surface area contributed by atoms with Crippen molar-refractivity contribution in [3.8, 4) is 0 Å². The summed E-state index contributed by atoms with van der Waals surface area (Å²) >= 11 is 0. The van der Waals surface area contributed by atoms with Gasteiger partial charge in [-0.15, -0.1) is 5.73 Å². The molecule has 2 rings (SSSR count). The van der Waals surface area contributed by atoms with Crippen molar-refractivity contribution in [2.45, 2.75) is 26.3 Å². The summed E-state index contributed by atoms with van der Waals surface area (Å²) in [7, 11) is 0. The molecule has 1 fully saturated rings. The van der Waals surface area contributed by atoms with Crippen LogP contribution in [0.1, 0.15) is 25.3 Å². The predicted octanol–water partition coefficient (Wildman–Crippen LogP) is 3.08. The van der Waals surface area contributed by atoms with E-state index in [1.165, 1.54) is 5.56 Å². The lowest BCUT2D eigenvalue weighted by Crippen LogP contribution is -2.32. The molecule has 0 bridgehead atoms. The molecule has 0 aliphatic carbocycles. The Balaban J connectivity index is 1.84. The third-order valence-electron chi connectivity index (χ3n) is 3.74. The van der Waals surface area contributed by atoms with Gasteiger partial charge in [0.05, 0.1) is 5.57 Å². The minimum Gasteiger partial charge on any atom is -0.477 e. The first-order valence-electron chi connectivity index (χ1n) is 7.08. The van der Waals surface area contributed by atoms with Gasteiger partial charge in [0.1, 0.15) is 0 Å². The summed E-state index contributed by atoms with van der Waals surface area (Å²) in [6, 6.07) is 10.5. The molecule has 3 nitrogen and oxygen atoms in total. The van der Waals surface area contributed by atoms with Crippen molar-refractivity contribution >= 4 is 5.97 Å². The Labute approximate surface area is 120 Å². The predicted molar refractivity (Wildman–Crippen MR) is 79.3 cm³/mol. The fraction of sp³-hybridized carbons (Fsp3) is 0.412. The molecular formula is C17H21NO2. The minimum atomic E-state index is -0.886. The van der Waals surface area contributed by atoms with Crippen LogP contribution in [0.2, 0.25) is 0 Å². The van der Waals surface area contributed by atoms with Crippen LogP contribution in [0.15, 0.2) is 47.7 Å². The number of carbonyl (C=O) groups is 1. The highest BCUT2D eigenvalue weighted by atomic mass is 16.4. The van der Waals surface area contributed by atoms with Crippen LogP contribution < -0.4 is 0 Å². The molecule has 0 atom stereocenters. The molecule has 0 aromatic heterocycles. The van der Waals surface area contributed by atoms with Gasteiger partial charge in [0.2, 0.25) is 0 Å². The molecule has 0 spiro atoms. The molecule has 0 saturated carbocycles. The summed E-state index contributed by atoms with van der Waals surface area (Å²) in [6.07, 6.45) is 4.09. The van der Waals surface area contributed by atoms with E-state index in [1.807, 2.05) is 12.1 Å². The highest BCUT2D eigenvalue weighted by molar-refractivity contribution is 5.85. The van der Waals surface area contributed by atoms with E-state index in [4.69, 9.17) is 5.11 Å². The van der Waals surface area contributed by atoms with Crippen molar-refractivity contribution in [1.29, 1.82) is 0 Å². The van der Waals surface area contributed by atoms with Gasteiger partial charge in [-0.05, 0) is 50.4 Å². The Hall–Kier alpha value is -1.83. The lowest BCUT2D eigenvalue weighted by atomic mass is 9.96. The summed E-state index contributed by atoms with van der Waals surface area (Å²) in [4.78, 5) is 13.2. The van der Waals surface area contributed by atoms with Gasteiger partial charge in [-0.2, -0.15) is 0 Å². The van der Waals surface area contributed by atoms with E-state index < -0.39 is 5.97 Å². The molecule has 20 heavy (non-hydrogen) atoms. The number of hydrogen-bond donors (Lipinski definition) is 1. The summed E-state index contributed by atoms with van der Waals surface area (Å²) < 4.78 is 0. The molecule has 106 valence electrons. The first-order chi connectivity index (χ1) is 9.65. The fourth-order valence-corrected chi connectivity index (χ4v) is 2.42. The minimum absolute atomic E-state index is 0.289. The van der Waals surface area contributed by atoms with Crippen LogP contribution in [-0.2, 0) is 11.3 Å². The second-order valence-corrected chi connectivity index (χ2v) is 5.34. The highest BCUT2D eigenvalue weighted by Crippen LogP contribution is 2.19. The number of rotatable bonds is 4. The van der Waals surface area contributed by atoms with Crippen LogP contribution in [0.25, 0.3) is 0 Å². The number of carboxylic acids is 1. The quantitative estimate of drug-likeness (QED) is 0.676. The van der Waals surface area contributed by atoms with Crippen LogP contribution in [-0.4, -0.2) is 29.1 Å². The molecule has 0 unspecified atom stereocenters. The van der Waals surface area contributed by atoms with E-state index in [0.29, 0.717) is 5.92 Å². The third-order valence-corrected chi connectivity index (χ3v) is 3.74. The van der Waals surface area contributed by atoms with Crippen molar-refractivity contribution in [2.24, 2.45) is 5.92 Å². The van der Waals surface area contributed by atoms with Gasteiger partial charge in [-0.1, -0.05) is 30.3 Å². The molecular weight excluding hydrogens is 250 g/mol. The Morgan fingerprint density at radius 1 is 1.35 bits per heavy atom. The largest absolute Gasteiger partial charge is 0.477 e. The zero-order chi connectivity index (χ0) is 14.4. The number of likely N-dealkylation sites (tertiary alicyclic amines) is 1. The molecule has 1 aliphatic rings. The molecule has 0 amide bonds. The topological polar surface area (TPSA) is 40.5 Å². The molecule has 1 N–H and O–H groups in total. The second kappa shape index (κ2) is 7.09. The van der Waals surface area contributed by atoms with Crippen LogP contribution in [0, 0.1) is 5.92 Å². The number of nitrogens with zero attached hydrogens (tertiary/aromatic N) is 1. The Kier molecular flexibility index (Phi) is 5.16. The number of benzene rings is 1. The summed E-state index contributed by atoms with van der Waals surface area (Å²) in [5, 5.41) is 8.79. The summed E-state index contributed by atoms with van der Waals surface area (Å²) in [5.41, 5.74) is 4.53. The lowest BCUT2D eigenvalue weighted by molar-refractivity contribution is -0.132. The summed E-state index contributed by atoms with van der Waals surface area (Å²) in [5.74, 6) is -0.431. The first kappa shape index (κ1) is 14.6. The second-order valence-electron chi connectivity index (χ2n) is 5.34. The van der Waals surface area contributed by atoms with Crippen molar-refractivity contribution in [2.75, 3.05) is 13.1 Å². The maximum absolute atomic E-state index is 10.7. The van der Waals surface area contributed by atoms with E-state index in [0.717, 1.165) is 32.5 Å². The standard InChI is InChI=1S/C17H21NO2/c1-14(17(19)20)7-8-15-9-11-18(12-10-15)13-16-5-3-2-4-6-16/h2-6,8,15H,9-13H2,1H3,(H,19,20). The monoisotopic (exact) mass is 271 g/mol. The molecule has 1 saturated heterocycles. The lowest BCUT2D eigenvalue weighted by Gasteiger charge is -2.30. The van der Waals surface area contributed by atoms with Gasteiger partial charge in [-0.3, -0.25) is 4.90 Å². The Morgan fingerprint density at radius 2 is 2.00 bits per heavy atom. The Bertz CT molecular complexity index is 507. The molecule has 1 aliphatic heterocycles. The zero-order valence-corrected chi connectivity index (χ0v) is 11.9. The normalized spacial score (nSPS) is 16.4. The molecule has 1 aromatic rings. The van der Waals surface area contributed by atoms with E-state index >= 15 is 0 Å². The van der Waals surface area contributed by atoms with Crippen LogP contribution in [0.5, 0.6) is 0 Å². The average molecular weight is 271 g/mol. The van der Waals surface area contributed by atoms with E-state index in [-0.39, 0.29) is 5.57 Å².